The molecule has 0 saturated heterocycles. The van der Waals surface area contributed by atoms with E-state index in [2.05, 4.69) is 6.92 Å². The first-order valence-electron chi connectivity index (χ1n) is 7.76. The average molecular weight is 279 g/mol. The maximum Gasteiger partial charge on any atom is 0.0881 e. The van der Waals surface area contributed by atoms with E-state index in [1.807, 2.05) is 30.3 Å². The SMILES string of the molecule is CCCCCCCCOCC(N)(CO)c1ccccc1. The fraction of sp³-hybridized carbons (Fsp3) is 0.647. The number of benzene rings is 1. The van der Waals surface area contributed by atoms with Gasteiger partial charge < -0.3 is 15.6 Å². The van der Waals surface area contributed by atoms with Crippen molar-refractivity contribution in [3.8, 4) is 0 Å². The zero-order valence-electron chi connectivity index (χ0n) is 12.7. The van der Waals surface area contributed by atoms with E-state index in [9.17, 15) is 5.11 Å². The number of hydrogen-bond acceptors (Lipinski definition) is 3. The van der Waals surface area contributed by atoms with Gasteiger partial charge in [-0.25, -0.2) is 0 Å². The van der Waals surface area contributed by atoms with E-state index in [0.717, 1.165) is 18.6 Å². The Hall–Kier alpha value is -0.900. The van der Waals surface area contributed by atoms with Gasteiger partial charge in [-0.15, -0.1) is 0 Å². The van der Waals surface area contributed by atoms with E-state index < -0.39 is 5.54 Å². The summed E-state index contributed by atoms with van der Waals surface area (Å²) in [4.78, 5) is 0. The predicted molar refractivity (Wildman–Crippen MR) is 83.6 cm³/mol. The Morgan fingerprint density at radius 1 is 1.05 bits per heavy atom. The van der Waals surface area contributed by atoms with Gasteiger partial charge in [-0.1, -0.05) is 69.4 Å². The average Bonchev–Trinajstić information content (AvgIpc) is 2.50. The molecule has 0 aromatic heterocycles. The van der Waals surface area contributed by atoms with E-state index in [1.165, 1.54) is 32.1 Å². The van der Waals surface area contributed by atoms with Crippen LogP contribution in [0.3, 0.4) is 0 Å². The molecular weight excluding hydrogens is 250 g/mol. The number of aliphatic hydroxyl groups excluding tert-OH is 1. The second kappa shape index (κ2) is 9.92. The molecule has 1 rings (SSSR count). The van der Waals surface area contributed by atoms with Gasteiger partial charge in [-0.05, 0) is 12.0 Å². The topological polar surface area (TPSA) is 55.5 Å². The molecule has 3 nitrogen and oxygen atoms in total. The molecule has 1 unspecified atom stereocenters. The van der Waals surface area contributed by atoms with Crippen molar-refractivity contribution in [3.05, 3.63) is 35.9 Å². The summed E-state index contributed by atoms with van der Waals surface area (Å²) in [5, 5.41) is 9.53. The van der Waals surface area contributed by atoms with Gasteiger partial charge in [0.25, 0.3) is 0 Å². The third-order valence-corrected chi connectivity index (χ3v) is 3.63. The lowest BCUT2D eigenvalue weighted by atomic mass is 9.93. The summed E-state index contributed by atoms with van der Waals surface area (Å²) < 4.78 is 5.67. The zero-order chi connectivity index (χ0) is 14.7. The van der Waals surface area contributed by atoms with E-state index >= 15 is 0 Å². The number of rotatable bonds is 11. The maximum atomic E-state index is 9.53. The molecule has 1 atom stereocenters. The number of nitrogens with two attached hydrogens (primary N) is 1. The number of aliphatic hydroxyl groups is 1. The molecule has 1 aromatic carbocycles. The van der Waals surface area contributed by atoms with Crippen molar-refractivity contribution in [2.24, 2.45) is 5.73 Å². The highest BCUT2D eigenvalue weighted by molar-refractivity contribution is 5.24. The fourth-order valence-electron chi connectivity index (χ4n) is 2.23. The number of hydrogen-bond donors (Lipinski definition) is 2. The monoisotopic (exact) mass is 279 g/mol. The minimum absolute atomic E-state index is 0.104. The van der Waals surface area contributed by atoms with Gasteiger partial charge in [0.15, 0.2) is 0 Å². The second-order valence-corrected chi connectivity index (χ2v) is 5.50. The molecule has 20 heavy (non-hydrogen) atoms. The minimum Gasteiger partial charge on any atom is -0.394 e. The van der Waals surface area contributed by atoms with Crippen LogP contribution in [0.4, 0.5) is 0 Å². The van der Waals surface area contributed by atoms with Gasteiger partial charge >= 0.3 is 0 Å². The molecule has 3 heteroatoms. The number of ether oxygens (including phenoxy) is 1. The predicted octanol–water partition coefficient (Wildman–Crippen LogP) is 3.21. The molecule has 0 aliphatic rings. The van der Waals surface area contributed by atoms with Crippen LogP contribution in [0.25, 0.3) is 0 Å². The van der Waals surface area contributed by atoms with Crippen LogP contribution in [-0.2, 0) is 10.3 Å². The Balaban J connectivity index is 2.22. The minimum atomic E-state index is -0.788. The van der Waals surface area contributed by atoms with Crippen molar-refractivity contribution >= 4 is 0 Å². The van der Waals surface area contributed by atoms with Crippen molar-refractivity contribution in [1.82, 2.24) is 0 Å². The van der Waals surface area contributed by atoms with E-state index in [0.29, 0.717) is 6.61 Å². The molecular formula is C17H29NO2. The van der Waals surface area contributed by atoms with Gasteiger partial charge in [0, 0.05) is 6.61 Å². The van der Waals surface area contributed by atoms with Gasteiger partial charge in [0.05, 0.1) is 18.8 Å². The first-order valence-corrected chi connectivity index (χ1v) is 7.76. The zero-order valence-corrected chi connectivity index (χ0v) is 12.7. The molecule has 1 aromatic rings. The summed E-state index contributed by atoms with van der Waals surface area (Å²) in [6.45, 7) is 3.20. The summed E-state index contributed by atoms with van der Waals surface area (Å²) in [7, 11) is 0. The van der Waals surface area contributed by atoms with Crippen LogP contribution in [-0.4, -0.2) is 24.9 Å². The van der Waals surface area contributed by atoms with E-state index in [-0.39, 0.29) is 6.61 Å². The fourth-order valence-corrected chi connectivity index (χ4v) is 2.23. The molecule has 0 amide bonds. The molecule has 0 radical (unpaired) electrons. The summed E-state index contributed by atoms with van der Waals surface area (Å²) >= 11 is 0. The summed E-state index contributed by atoms with van der Waals surface area (Å²) in [5.41, 5.74) is 6.36. The van der Waals surface area contributed by atoms with Crippen molar-refractivity contribution in [2.45, 2.75) is 51.0 Å². The molecule has 0 saturated carbocycles. The molecule has 0 bridgehead atoms. The summed E-state index contributed by atoms with van der Waals surface area (Å²) in [6, 6.07) is 9.67. The maximum absolute atomic E-state index is 9.53. The van der Waals surface area contributed by atoms with Crippen molar-refractivity contribution in [3.63, 3.8) is 0 Å². The van der Waals surface area contributed by atoms with Crippen molar-refractivity contribution in [1.29, 1.82) is 0 Å². The smallest absolute Gasteiger partial charge is 0.0881 e. The molecule has 0 heterocycles. The molecule has 0 aliphatic carbocycles. The molecule has 0 spiro atoms. The standard InChI is InChI=1S/C17H29NO2/c1-2-3-4-5-6-10-13-20-15-17(18,14-19)16-11-8-7-9-12-16/h7-9,11-12,19H,2-6,10,13-15,18H2,1H3. The molecule has 0 fully saturated rings. The Bertz CT molecular complexity index is 342. The second-order valence-electron chi connectivity index (χ2n) is 5.50. The van der Waals surface area contributed by atoms with Crippen LogP contribution in [0.1, 0.15) is 51.0 Å². The van der Waals surface area contributed by atoms with Gasteiger partial charge in [0.2, 0.25) is 0 Å². The van der Waals surface area contributed by atoms with E-state index in [1.54, 1.807) is 0 Å². The lowest BCUT2D eigenvalue weighted by Gasteiger charge is -2.27. The first kappa shape index (κ1) is 17.2. The Morgan fingerprint density at radius 2 is 1.70 bits per heavy atom. The Morgan fingerprint density at radius 3 is 2.35 bits per heavy atom. The summed E-state index contributed by atoms with van der Waals surface area (Å²) in [5.74, 6) is 0. The molecule has 0 aliphatic heterocycles. The molecule has 114 valence electrons. The highest BCUT2D eigenvalue weighted by atomic mass is 16.5. The van der Waals surface area contributed by atoms with E-state index in [4.69, 9.17) is 10.5 Å². The van der Waals surface area contributed by atoms with Crippen molar-refractivity contribution < 1.29 is 9.84 Å². The van der Waals surface area contributed by atoms with Crippen LogP contribution < -0.4 is 5.73 Å². The largest absolute Gasteiger partial charge is 0.394 e. The van der Waals surface area contributed by atoms with Crippen LogP contribution in [0.5, 0.6) is 0 Å². The van der Waals surface area contributed by atoms with Gasteiger partial charge in [-0.2, -0.15) is 0 Å². The van der Waals surface area contributed by atoms with Crippen molar-refractivity contribution in [2.75, 3.05) is 19.8 Å². The highest BCUT2D eigenvalue weighted by Crippen LogP contribution is 2.18. The quantitative estimate of drug-likeness (QED) is 0.612. The number of unbranched alkanes of at least 4 members (excludes halogenated alkanes) is 5. The van der Waals surface area contributed by atoms with Gasteiger partial charge in [-0.3, -0.25) is 0 Å². The Labute approximate surface area is 123 Å². The lowest BCUT2D eigenvalue weighted by Crippen LogP contribution is -2.45. The van der Waals surface area contributed by atoms with Crippen LogP contribution in [0.2, 0.25) is 0 Å². The van der Waals surface area contributed by atoms with Crippen LogP contribution in [0, 0.1) is 0 Å². The first-order chi connectivity index (χ1) is 9.73. The molecule has 3 N–H and O–H groups in total. The Kier molecular flexibility index (Phi) is 8.51. The van der Waals surface area contributed by atoms with Crippen LogP contribution in [0.15, 0.2) is 30.3 Å². The van der Waals surface area contributed by atoms with Gasteiger partial charge in [0.1, 0.15) is 0 Å². The third-order valence-electron chi connectivity index (χ3n) is 3.63. The normalized spacial score (nSPS) is 14.2. The third kappa shape index (κ3) is 6.04. The van der Waals surface area contributed by atoms with Crippen LogP contribution >= 0.6 is 0 Å². The highest BCUT2D eigenvalue weighted by Gasteiger charge is 2.26. The summed E-state index contributed by atoms with van der Waals surface area (Å²) in [6.07, 6.45) is 7.48. The lowest BCUT2D eigenvalue weighted by molar-refractivity contribution is 0.0516.